The minimum Gasteiger partial charge on any atom is -0.481 e. The van der Waals surface area contributed by atoms with E-state index >= 15 is 0 Å². The van der Waals surface area contributed by atoms with Crippen molar-refractivity contribution in [2.75, 3.05) is 32.7 Å². The van der Waals surface area contributed by atoms with E-state index in [1.807, 2.05) is 27.7 Å². The van der Waals surface area contributed by atoms with E-state index in [1.165, 1.54) is 0 Å². The predicted octanol–water partition coefficient (Wildman–Crippen LogP) is 1.84. The van der Waals surface area contributed by atoms with Gasteiger partial charge < -0.3 is 24.5 Å². The van der Waals surface area contributed by atoms with Gasteiger partial charge in [-0.15, -0.1) is 0 Å². The third kappa shape index (κ3) is 4.99. The highest BCUT2D eigenvalue weighted by Gasteiger charge is 2.35. The highest BCUT2D eigenvalue weighted by Crippen LogP contribution is 2.21. The van der Waals surface area contributed by atoms with Crippen LogP contribution in [0.15, 0.2) is 0 Å². The monoisotopic (exact) mass is 355 g/mol. The summed E-state index contributed by atoms with van der Waals surface area (Å²) in [5.74, 6) is -1.14. The lowest BCUT2D eigenvalue weighted by molar-refractivity contribution is -0.143. The number of amides is 3. The van der Waals surface area contributed by atoms with E-state index in [9.17, 15) is 14.4 Å². The lowest BCUT2D eigenvalue weighted by Crippen LogP contribution is -2.59. The van der Waals surface area contributed by atoms with Gasteiger partial charge in [-0.2, -0.15) is 0 Å². The van der Waals surface area contributed by atoms with Crippen molar-refractivity contribution in [1.82, 2.24) is 14.7 Å². The zero-order valence-corrected chi connectivity index (χ0v) is 15.5. The van der Waals surface area contributed by atoms with Crippen LogP contribution in [0.1, 0.15) is 40.5 Å². The number of carbonyl (C=O) groups is 3. The first-order valence-corrected chi connectivity index (χ1v) is 8.85. The van der Waals surface area contributed by atoms with Crippen LogP contribution >= 0.6 is 0 Å². The standard InChI is InChI=1S/C17H29N3O5/c1-12-11-19(16(24)25-17(2,3)4)9-10-20(12)15(23)18-7-5-13(6-8-18)14(21)22/h12-13H,5-11H2,1-4H3,(H,21,22)/t12-/m1/s1. The quantitative estimate of drug-likeness (QED) is 0.775. The highest BCUT2D eigenvalue weighted by molar-refractivity contribution is 5.76. The Hall–Kier alpha value is -1.99. The van der Waals surface area contributed by atoms with Crippen molar-refractivity contribution < 1.29 is 24.2 Å². The van der Waals surface area contributed by atoms with E-state index in [1.54, 1.807) is 14.7 Å². The minimum absolute atomic E-state index is 0.0693. The molecule has 1 N–H and O–H groups in total. The van der Waals surface area contributed by atoms with Gasteiger partial charge in [0.2, 0.25) is 0 Å². The Morgan fingerprint density at radius 3 is 2.08 bits per heavy atom. The van der Waals surface area contributed by atoms with Gasteiger partial charge in [-0.1, -0.05) is 0 Å². The Labute approximate surface area is 148 Å². The van der Waals surface area contributed by atoms with Gasteiger partial charge in [0, 0.05) is 38.8 Å². The summed E-state index contributed by atoms with van der Waals surface area (Å²) in [6, 6.07) is -0.175. The molecule has 8 nitrogen and oxygen atoms in total. The largest absolute Gasteiger partial charge is 0.481 e. The second kappa shape index (κ2) is 7.49. The first-order chi connectivity index (χ1) is 11.6. The summed E-state index contributed by atoms with van der Waals surface area (Å²) in [4.78, 5) is 41.0. The smallest absolute Gasteiger partial charge is 0.410 e. The summed E-state index contributed by atoms with van der Waals surface area (Å²) in [6.07, 6.45) is 0.634. The maximum absolute atomic E-state index is 12.7. The van der Waals surface area contributed by atoms with Gasteiger partial charge >= 0.3 is 18.1 Å². The molecule has 25 heavy (non-hydrogen) atoms. The molecule has 3 amide bonds. The van der Waals surface area contributed by atoms with Gasteiger partial charge in [0.25, 0.3) is 0 Å². The van der Waals surface area contributed by atoms with E-state index < -0.39 is 11.6 Å². The molecule has 2 aliphatic rings. The number of hydrogen-bond acceptors (Lipinski definition) is 4. The zero-order chi connectivity index (χ0) is 18.8. The minimum atomic E-state index is -0.786. The Morgan fingerprint density at radius 2 is 1.60 bits per heavy atom. The van der Waals surface area contributed by atoms with Crippen molar-refractivity contribution in [2.24, 2.45) is 5.92 Å². The number of aliphatic carboxylic acids is 1. The number of urea groups is 1. The first-order valence-electron chi connectivity index (χ1n) is 8.85. The van der Waals surface area contributed by atoms with Crippen molar-refractivity contribution in [3.8, 4) is 0 Å². The van der Waals surface area contributed by atoms with Gasteiger partial charge in [-0.25, -0.2) is 9.59 Å². The molecule has 2 aliphatic heterocycles. The van der Waals surface area contributed by atoms with Crippen molar-refractivity contribution in [2.45, 2.75) is 52.2 Å². The van der Waals surface area contributed by atoms with E-state index in [-0.39, 0.29) is 24.1 Å². The Balaban J connectivity index is 1.87. The average molecular weight is 355 g/mol. The number of ether oxygens (including phenoxy) is 1. The molecule has 0 bridgehead atoms. The molecule has 2 rings (SSSR count). The molecule has 8 heteroatoms. The fourth-order valence-corrected chi connectivity index (χ4v) is 3.23. The molecule has 0 aromatic rings. The van der Waals surface area contributed by atoms with E-state index in [0.717, 1.165) is 0 Å². The number of nitrogens with zero attached hydrogens (tertiary/aromatic N) is 3. The van der Waals surface area contributed by atoms with Gasteiger partial charge in [-0.05, 0) is 40.5 Å². The summed E-state index contributed by atoms with van der Waals surface area (Å²) >= 11 is 0. The number of carbonyl (C=O) groups excluding carboxylic acids is 2. The second-order valence-electron chi connectivity index (χ2n) is 7.85. The molecular formula is C17H29N3O5. The normalized spacial score (nSPS) is 22.7. The maximum atomic E-state index is 12.7. The van der Waals surface area contributed by atoms with Crippen LogP contribution < -0.4 is 0 Å². The highest BCUT2D eigenvalue weighted by atomic mass is 16.6. The molecule has 142 valence electrons. The summed E-state index contributed by atoms with van der Waals surface area (Å²) in [5.41, 5.74) is -0.540. The van der Waals surface area contributed by atoms with Crippen molar-refractivity contribution in [1.29, 1.82) is 0 Å². The number of carboxylic acids is 1. The van der Waals surface area contributed by atoms with Crippen LogP contribution in [0.4, 0.5) is 9.59 Å². The Morgan fingerprint density at radius 1 is 1.00 bits per heavy atom. The number of carboxylic acid groups (broad SMARTS) is 1. The van der Waals surface area contributed by atoms with Crippen LogP contribution in [0.5, 0.6) is 0 Å². The molecule has 2 saturated heterocycles. The van der Waals surface area contributed by atoms with E-state index in [2.05, 4.69) is 0 Å². The SMILES string of the molecule is C[C@@H]1CN(C(=O)OC(C)(C)C)CCN1C(=O)N1CCC(C(=O)O)CC1. The molecule has 0 saturated carbocycles. The number of likely N-dealkylation sites (tertiary alicyclic amines) is 1. The van der Waals surface area contributed by atoms with Crippen LogP contribution in [0, 0.1) is 5.92 Å². The van der Waals surface area contributed by atoms with Gasteiger partial charge in [0.15, 0.2) is 0 Å². The van der Waals surface area contributed by atoms with Gasteiger partial charge in [-0.3, -0.25) is 4.79 Å². The van der Waals surface area contributed by atoms with E-state index in [0.29, 0.717) is 45.6 Å². The molecule has 0 spiro atoms. The molecule has 0 aliphatic carbocycles. The fraction of sp³-hybridized carbons (Fsp3) is 0.824. The van der Waals surface area contributed by atoms with Crippen LogP contribution in [0.2, 0.25) is 0 Å². The molecular weight excluding hydrogens is 326 g/mol. The topological polar surface area (TPSA) is 90.4 Å². The molecule has 0 unspecified atom stereocenters. The number of hydrogen-bond donors (Lipinski definition) is 1. The molecule has 0 aromatic carbocycles. The molecule has 2 fully saturated rings. The van der Waals surface area contributed by atoms with Crippen LogP contribution in [-0.4, -0.2) is 82.3 Å². The van der Waals surface area contributed by atoms with Crippen molar-refractivity contribution in [3.63, 3.8) is 0 Å². The molecule has 0 aromatic heterocycles. The second-order valence-corrected chi connectivity index (χ2v) is 7.85. The van der Waals surface area contributed by atoms with Crippen LogP contribution in [-0.2, 0) is 9.53 Å². The lowest BCUT2D eigenvalue weighted by atomic mass is 9.97. The number of piperazine rings is 1. The zero-order valence-electron chi connectivity index (χ0n) is 15.5. The van der Waals surface area contributed by atoms with Gasteiger partial charge in [0.1, 0.15) is 5.60 Å². The summed E-state index contributed by atoms with van der Waals surface area (Å²) in [7, 11) is 0. The Kier molecular flexibility index (Phi) is 5.80. The summed E-state index contributed by atoms with van der Waals surface area (Å²) in [6.45, 7) is 9.67. The Bertz CT molecular complexity index is 523. The molecule has 2 heterocycles. The summed E-state index contributed by atoms with van der Waals surface area (Å²) < 4.78 is 5.39. The van der Waals surface area contributed by atoms with Crippen molar-refractivity contribution >= 4 is 18.1 Å². The number of piperidine rings is 1. The molecule has 0 radical (unpaired) electrons. The third-order valence-electron chi connectivity index (χ3n) is 4.64. The fourth-order valence-electron chi connectivity index (χ4n) is 3.23. The lowest BCUT2D eigenvalue weighted by Gasteiger charge is -2.43. The average Bonchev–Trinajstić information content (AvgIpc) is 2.52. The van der Waals surface area contributed by atoms with Crippen molar-refractivity contribution in [3.05, 3.63) is 0 Å². The third-order valence-corrected chi connectivity index (χ3v) is 4.64. The predicted molar refractivity (Wildman–Crippen MR) is 91.3 cm³/mol. The van der Waals surface area contributed by atoms with Crippen LogP contribution in [0.25, 0.3) is 0 Å². The first kappa shape index (κ1) is 19.3. The van der Waals surface area contributed by atoms with Crippen LogP contribution in [0.3, 0.4) is 0 Å². The maximum Gasteiger partial charge on any atom is 0.410 e. The van der Waals surface area contributed by atoms with E-state index in [4.69, 9.17) is 9.84 Å². The van der Waals surface area contributed by atoms with Gasteiger partial charge in [0.05, 0.1) is 5.92 Å². The summed E-state index contributed by atoms with van der Waals surface area (Å²) in [5, 5.41) is 9.05. The molecule has 1 atom stereocenters. The number of rotatable bonds is 1.